The molecule has 2 N–H and O–H groups in total. The van der Waals surface area contributed by atoms with Gasteiger partial charge in [-0.05, 0) is 24.7 Å². The zero-order valence-electron chi connectivity index (χ0n) is 12.1. The van der Waals surface area contributed by atoms with E-state index in [9.17, 15) is 4.79 Å². The molecule has 1 rings (SSSR count). The van der Waals surface area contributed by atoms with Gasteiger partial charge in [-0.25, -0.2) is 0 Å². The lowest BCUT2D eigenvalue weighted by Crippen LogP contribution is -2.39. The molecule has 0 spiro atoms. The number of hydrogen-bond acceptors (Lipinski definition) is 2. The minimum Gasteiger partial charge on any atom is -0.396 e. The number of rotatable bonds is 6. The lowest BCUT2D eigenvalue weighted by atomic mass is 9.79. The van der Waals surface area contributed by atoms with Crippen molar-refractivity contribution < 1.29 is 9.90 Å². The van der Waals surface area contributed by atoms with Gasteiger partial charge in [0.2, 0.25) is 5.91 Å². The highest BCUT2D eigenvalue weighted by atomic mass is 16.3. The average molecular weight is 255 g/mol. The van der Waals surface area contributed by atoms with Gasteiger partial charge in [0.15, 0.2) is 0 Å². The molecule has 3 heteroatoms. The minimum absolute atomic E-state index is 0.0565. The Kier molecular flexibility index (Phi) is 6.69. The highest BCUT2D eigenvalue weighted by Gasteiger charge is 2.23. The van der Waals surface area contributed by atoms with Crippen LogP contribution >= 0.6 is 0 Å². The average Bonchev–Trinajstić information content (AvgIpc) is 2.38. The van der Waals surface area contributed by atoms with Crippen LogP contribution in [0.15, 0.2) is 0 Å². The molecule has 0 saturated heterocycles. The molecule has 1 amide bonds. The highest BCUT2D eigenvalue weighted by Crippen LogP contribution is 2.31. The first kappa shape index (κ1) is 15.5. The number of aliphatic hydroxyl groups excluding tert-OH is 1. The normalized spacial score (nSPS) is 22.2. The summed E-state index contributed by atoms with van der Waals surface area (Å²) in [5, 5.41) is 12.1. The van der Waals surface area contributed by atoms with Crippen molar-refractivity contribution in [3.05, 3.63) is 0 Å². The number of nitrogens with one attached hydrogen (secondary N) is 1. The number of carbonyl (C=O) groups is 1. The minimum atomic E-state index is 0.0565. The number of carbonyl (C=O) groups excluding carboxylic acids is 1. The van der Waals surface area contributed by atoms with Crippen LogP contribution in [0.25, 0.3) is 0 Å². The first-order valence-corrected chi connectivity index (χ1v) is 7.44. The molecule has 106 valence electrons. The van der Waals surface area contributed by atoms with Crippen molar-refractivity contribution in [2.45, 2.75) is 65.3 Å². The summed E-state index contributed by atoms with van der Waals surface area (Å²) >= 11 is 0. The second-order valence-corrected chi connectivity index (χ2v) is 6.10. The molecule has 0 heterocycles. The second-order valence-electron chi connectivity index (χ2n) is 6.10. The Morgan fingerprint density at radius 3 is 2.39 bits per heavy atom. The topological polar surface area (TPSA) is 49.3 Å². The van der Waals surface area contributed by atoms with Crippen LogP contribution in [0.3, 0.4) is 0 Å². The molecule has 1 saturated carbocycles. The van der Waals surface area contributed by atoms with E-state index in [-0.39, 0.29) is 24.5 Å². The molecule has 0 aliphatic heterocycles. The van der Waals surface area contributed by atoms with Crippen LogP contribution < -0.4 is 5.32 Å². The third-order valence-corrected chi connectivity index (χ3v) is 4.49. The Balaban J connectivity index is 2.30. The van der Waals surface area contributed by atoms with E-state index in [0.717, 1.165) is 5.92 Å². The van der Waals surface area contributed by atoms with Crippen molar-refractivity contribution >= 4 is 5.91 Å². The molecular weight excluding hydrogens is 226 g/mol. The highest BCUT2D eigenvalue weighted by molar-refractivity contribution is 5.76. The van der Waals surface area contributed by atoms with Crippen molar-refractivity contribution in [3.63, 3.8) is 0 Å². The predicted octanol–water partition coefficient (Wildman–Crippen LogP) is 2.73. The standard InChI is InChI=1S/C15H29NO2/c1-11(14-7-5-4-6-8-14)9-15(18)16-13(3)12(2)10-17/h11-14,17H,4-10H2,1-3H3,(H,16,18). The Morgan fingerprint density at radius 1 is 1.22 bits per heavy atom. The van der Waals surface area contributed by atoms with Gasteiger partial charge in [0.25, 0.3) is 0 Å². The van der Waals surface area contributed by atoms with Gasteiger partial charge in [0.1, 0.15) is 0 Å². The Morgan fingerprint density at radius 2 is 1.83 bits per heavy atom. The van der Waals surface area contributed by atoms with Crippen molar-refractivity contribution in [1.82, 2.24) is 5.32 Å². The van der Waals surface area contributed by atoms with E-state index in [2.05, 4.69) is 12.2 Å². The quantitative estimate of drug-likeness (QED) is 0.766. The number of aliphatic hydroxyl groups is 1. The molecule has 0 radical (unpaired) electrons. The Hall–Kier alpha value is -0.570. The van der Waals surface area contributed by atoms with Gasteiger partial charge in [0.05, 0.1) is 0 Å². The van der Waals surface area contributed by atoms with Crippen LogP contribution in [0.1, 0.15) is 59.3 Å². The van der Waals surface area contributed by atoms with Gasteiger partial charge >= 0.3 is 0 Å². The van der Waals surface area contributed by atoms with E-state index in [1.165, 1.54) is 32.1 Å². The van der Waals surface area contributed by atoms with E-state index < -0.39 is 0 Å². The molecule has 0 bridgehead atoms. The van der Waals surface area contributed by atoms with E-state index in [0.29, 0.717) is 12.3 Å². The van der Waals surface area contributed by atoms with Crippen molar-refractivity contribution in [2.75, 3.05) is 6.61 Å². The largest absolute Gasteiger partial charge is 0.396 e. The molecular formula is C15H29NO2. The SMILES string of the molecule is CC(CC(=O)NC(C)C(C)CO)C1CCCCC1. The zero-order chi connectivity index (χ0) is 13.5. The van der Waals surface area contributed by atoms with Gasteiger partial charge < -0.3 is 10.4 Å². The van der Waals surface area contributed by atoms with Crippen LogP contribution in [0, 0.1) is 17.8 Å². The van der Waals surface area contributed by atoms with E-state index >= 15 is 0 Å². The second kappa shape index (κ2) is 7.78. The molecule has 3 unspecified atom stereocenters. The summed E-state index contributed by atoms with van der Waals surface area (Å²) in [7, 11) is 0. The fourth-order valence-electron chi connectivity index (χ4n) is 2.78. The summed E-state index contributed by atoms with van der Waals surface area (Å²) in [5.74, 6) is 1.48. The maximum absolute atomic E-state index is 11.9. The molecule has 1 aliphatic carbocycles. The van der Waals surface area contributed by atoms with Crippen molar-refractivity contribution in [3.8, 4) is 0 Å². The maximum Gasteiger partial charge on any atom is 0.220 e. The molecule has 0 aromatic heterocycles. The van der Waals surface area contributed by atoms with Crippen molar-refractivity contribution in [1.29, 1.82) is 0 Å². The molecule has 3 atom stereocenters. The molecule has 0 aromatic carbocycles. The van der Waals surface area contributed by atoms with Gasteiger partial charge in [-0.3, -0.25) is 4.79 Å². The van der Waals surface area contributed by atoms with Crippen LogP contribution in [0.2, 0.25) is 0 Å². The Bertz CT molecular complexity index is 249. The Labute approximate surface area is 111 Å². The fourth-order valence-corrected chi connectivity index (χ4v) is 2.78. The molecule has 1 aliphatic rings. The smallest absolute Gasteiger partial charge is 0.220 e. The van der Waals surface area contributed by atoms with Crippen molar-refractivity contribution in [2.24, 2.45) is 17.8 Å². The van der Waals surface area contributed by atoms with E-state index in [4.69, 9.17) is 5.11 Å². The number of amides is 1. The summed E-state index contributed by atoms with van der Waals surface area (Å²) in [5.41, 5.74) is 0. The molecule has 3 nitrogen and oxygen atoms in total. The summed E-state index contributed by atoms with van der Waals surface area (Å²) in [6.07, 6.45) is 7.23. The maximum atomic E-state index is 11.9. The summed E-state index contributed by atoms with van der Waals surface area (Å²) in [6, 6.07) is 0.0565. The molecule has 0 aromatic rings. The molecule has 1 fully saturated rings. The van der Waals surface area contributed by atoms with Gasteiger partial charge in [-0.2, -0.15) is 0 Å². The summed E-state index contributed by atoms with van der Waals surface area (Å²) < 4.78 is 0. The fraction of sp³-hybridized carbons (Fsp3) is 0.933. The lowest BCUT2D eigenvalue weighted by Gasteiger charge is -2.28. The zero-order valence-corrected chi connectivity index (χ0v) is 12.1. The summed E-state index contributed by atoms with van der Waals surface area (Å²) in [6.45, 7) is 6.24. The van der Waals surface area contributed by atoms with Crippen LogP contribution in [-0.4, -0.2) is 23.7 Å². The first-order chi connectivity index (χ1) is 8.54. The van der Waals surface area contributed by atoms with Gasteiger partial charge in [0, 0.05) is 19.1 Å². The van der Waals surface area contributed by atoms with Crippen LogP contribution in [-0.2, 0) is 4.79 Å². The van der Waals surface area contributed by atoms with Gasteiger partial charge in [-0.15, -0.1) is 0 Å². The van der Waals surface area contributed by atoms with Crippen LogP contribution in [0.4, 0.5) is 0 Å². The third kappa shape index (κ3) is 4.97. The first-order valence-electron chi connectivity index (χ1n) is 7.44. The van der Waals surface area contributed by atoms with Gasteiger partial charge in [-0.1, -0.05) is 46.0 Å². The van der Waals surface area contributed by atoms with E-state index in [1.807, 2.05) is 13.8 Å². The molecule has 18 heavy (non-hydrogen) atoms. The number of hydrogen-bond donors (Lipinski definition) is 2. The van der Waals surface area contributed by atoms with Crippen LogP contribution in [0.5, 0.6) is 0 Å². The summed E-state index contributed by atoms with van der Waals surface area (Å²) in [4.78, 5) is 11.9. The monoisotopic (exact) mass is 255 g/mol. The predicted molar refractivity (Wildman–Crippen MR) is 74.2 cm³/mol. The van der Waals surface area contributed by atoms with E-state index in [1.54, 1.807) is 0 Å². The third-order valence-electron chi connectivity index (χ3n) is 4.49. The lowest BCUT2D eigenvalue weighted by molar-refractivity contribution is -0.123.